The fraction of sp³-hybridized carbons (Fsp3) is 0.375. The van der Waals surface area contributed by atoms with Gasteiger partial charge in [-0.1, -0.05) is 64.1 Å². The second-order valence-electron chi connectivity index (χ2n) is 17.4. The van der Waals surface area contributed by atoms with Gasteiger partial charge in [-0.05, 0) is 72.6 Å². The summed E-state index contributed by atoms with van der Waals surface area (Å²) in [6, 6.07) is 18.5. The Bertz CT molecular complexity index is 2750. The minimum Gasteiger partial charge on any atom is -0.453 e. The normalized spacial score (nSPS) is 17.5. The summed E-state index contributed by atoms with van der Waals surface area (Å²) in [6.07, 6.45) is 5.46. The number of alkyl carbamates (subject to hydrolysis) is 2. The number of nitrogens with zero attached hydrogens (tertiary/aromatic N) is 6. The molecular formula is C48H52N10O6. The maximum absolute atomic E-state index is 13.8. The quantitative estimate of drug-likeness (QED) is 0.0772. The molecule has 0 saturated carbocycles. The lowest BCUT2D eigenvalue weighted by molar-refractivity contribution is -0.136. The highest BCUT2D eigenvalue weighted by atomic mass is 16.5. The molecular weight excluding hydrogens is 813 g/mol. The summed E-state index contributed by atoms with van der Waals surface area (Å²) in [4.78, 5) is 82.5. The Morgan fingerprint density at radius 2 is 1.05 bits per heavy atom. The van der Waals surface area contributed by atoms with Gasteiger partial charge in [0, 0.05) is 35.0 Å². The van der Waals surface area contributed by atoms with Gasteiger partial charge in [-0.2, -0.15) is 0 Å². The van der Waals surface area contributed by atoms with Crippen LogP contribution >= 0.6 is 0 Å². The van der Waals surface area contributed by atoms with Crippen LogP contribution in [-0.4, -0.2) is 103 Å². The van der Waals surface area contributed by atoms with Crippen LogP contribution in [0.2, 0.25) is 0 Å². The number of carbonyl (C=O) groups is 4. The van der Waals surface area contributed by atoms with Gasteiger partial charge in [0.2, 0.25) is 11.8 Å². The molecule has 9 rings (SSSR count). The molecule has 4 aromatic carbocycles. The number of imidazole rings is 2. The fourth-order valence-corrected chi connectivity index (χ4v) is 9.35. The highest BCUT2D eigenvalue weighted by Crippen LogP contribution is 2.40. The van der Waals surface area contributed by atoms with Crippen molar-refractivity contribution in [1.29, 1.82) is 0 Å². The maximum Gasteiger partial charge on any atom is 0.407 e. The molecule has 5 heterocycles. The lowest BCUT2D eigenvalue weighted by atomic mass is 9.95. The number of methoxy groups -OCH3 is 2. The van der Waals surface area contributed by atoms with Gasteiger partial charge in [0.1, 0.15) is 23.7 Å². The SMILES string of the molecule is COC(=O)NC(C(=O)N1CCC[C@H]1c1ncc(-c2ccc3c4ccc(-c5cnc([C@@H]6CCCN6C(=O)[C@@H](NC(=O)OC)C(C)C)[nH]5)cc4c4nc5ccccc5nc4c3c2)[nH]1)C(C)C. The molecule has 16 heteroatoms. The van der Waals surface area contributed by atoms with E-state index in [1.54, 1.807) is 0 Å². The first kappa shape index (κ1) is 42.2. The molecule has 1 unspecified atom stereocenters. The van der Waals surface area contributed by atoms with Crippen LogP contribution in [0.1, 0.15) is 77.1 Å². The number of aromatic amines is 2. The molecule has 4 N–H and O–H groups in total. The first-order valence-corrected chi connectivity index (χ1v) is 21.9. The van der Waals surface area contributed by atoms with E-state index in [9.17, 15) is 19.2 Å². The number of para-hydroxylation sites is 2. The highest BCUT2D eigenvalue weighted by molar-refractivity contribution is 6.24. The van der Waals surface area contributed by atoms with E-state index in [0.717, 1.165) is 91.8 Å². The van der Waals surface area contributed by atoms with Gasteiger partial charge in [0.05, 0.1) is 72.2 Å². The predicted molar refractivity (Wildman–Crippen MR) is 243 cm³/mol. The first-order valence-electron chi connectivity index (χ1n) is 21.9. The van der Waals surface area contributed by atoms with E-state index in [4.69, 9.17) is 29.4 Å². The van der Waals surface area contributed by atoms with Gasteiger partial charge in [-0.25, -0.2) is 29.5 Å². The zero-order chi connectivity index (χ0) is 44.8. The highest BCUT2D eigenvalue weighted by Gasteiger charge is 2.39. The molecule has 2 aliphatic heterocycles. The van der Waals surface area contributed by atoms with Crippen molar-refractivity contribution in [1.82, 2.24) is 50.3 Å². The summed E-state index contributed by atoms with van der Waals surface area (Å²) in [7, 11) is 2.58. The summed E-state index contributed by atoms with van der Waals surface area (Å²) >= 11 is 0. The number of likely N-dealkylation sites (tertiary alicyclic amines) is 2. The third-order valence-corrected chi connectivity index (χ3v) is 12.7. The number of hydrogen-bond acceptors (Lipinski definition) is 10. The van der Waals surface area contributed by atoms with E-state index < -0.39 is 24.3 Å². The van der Waals surface area contributed by atoms with Gasteiger partial charge in [0.15, 0.2) is 0 Å². The van der Waals surface area contributed by atoms with Crippen molar-refractivity contribution in [3.63, 3.8) is 0 Å². The van der Waals surface area contributed by atoms with Crippen LogP contribution in [0.15, 0.2) is 73.1 Å². The van der Waals surface area contributed by atoms with E-state index >= 15 is 0 Å². The molecule has 64 heavy (non-hydrogen) atoms. The van der Waals surface area contributed by atoms with Crippen molar-refractivity contribution in [2.24, 2.45) is 11.8 Å². The number of amides is 4. The molecule has 2 saturated heterocycles. The van der Waals surface area contributed by atoms with E-state index in [1.165, 1.54) is 14.2 Å². The van der Waals surface area contributed by atoms with E-state index in [0.29, 0.717) is 24.7 Å². The molecule has 0 bridgehead atoms. The average molecular weight is 865 g/mol. The van der Waals surface area contributed by atoms with Crippen LogP contribution in [-0.2, 0) is 19.1 Å². The summed E-state index contributed by atoms with van der Waals surface area (Å²) in [6.45, 7) is 8.72. The van der Waals surface area contributed by atoms with Gasteiger partial charge in [-0.3, -0.25) is 9.59 Å². The van der Waals surface area contributed by atoms with Gasteiger partial charge < -0.3 is 39.9 Å². The van der Waals surface area contributed by atoms with Crippen molar-refractivity contribution < 1.29 is 28.7 Å². The van der Waals surface area contributed by atoms with Crippen LogP contribution < -0.4 is 10.6 Å². The number of aromatic nitrogens is 6. The minimum atomic E-state index is -0.724. The maximum atomic E-state index is 13.8. The molecule has 0 spiro atoms. The average Bonchev–Trinajstić information content (AvgIpc) is 4.16. The summed E-state index contributed by atoms with van der Waals surface area (Å²) in [5, 5.41) is 9.33. The van der Waals surface area contributed by atoms with Crippen LogP contribution in [0.4, 0.5) is 9.59 Å². The third kappa shape index (κ3) is 7.70. The summed E-state index contributed by atoms with van der Waals surface area (Å²) < 4.78 is 9.61. The monoisotopic (exact) mass is 864 g/mol. The molecule has 0 aliphatic carbocycles. The number of benzene rings is 4. The number of H-pyrrole nitrogens is 2. The van der Waals surface area contributed by atoms with Crippen molar-refractivity contribution in [2.75, 3.05) is 27.3 Å². The molecule has 16 nitrogen and oxygen atoms in total. The Morgan fingerprint density at radius 1 is 0.625 bits per heavy atom. The van der Waals surface area contributed by atoms with E-state index in [2.05, 4.69) is 57.0 Å². The fourth-order valence-electron chi connectivity index (χ4n) is 9.35. The lowest BCUT2D eigenvalue weighted by Crippen LogP contribution is -2.51. The van der Waals surface area contributed by atoms with Crippen molar-refractivity contribution in [3.05, 3.63) is 84.7 Å². The Hall–Kier alpha value is -7.10. The summed E-state index contributed by atoms with van der Waals surface area (Å²) in [5.41, 5.74) is 6.51. The number of nitrogens with one attached hydrogen (secondary N) is 4. The molecule has 7 aromatic rings. The Kier molecular flexibility index (Phi) is 11.4. The topological polar surface area (TPSA) is 200 Å². The number of carbonyl (C=O) groups excluding carboxylic acids is 4. The van der Waals surface area contributed by atoms with Crippen molar-refractivity contribution >= 4 is 67.6 Å². The Morgan fingerprint density at radius 3 is 1.44 bits per heavy atom. The predicted octanol–water partition coefficient (Wildman–Crippen LogP) is 7.96. The standard InChI is InChI=1S/C48H52N10O6/c1-25(2)39(55-47(61)63-5)45(59)57-19-9-13-37(57)43-49-23-35(53-43)27-15-17-29-30-18-16-28(22-32(30)42-41(31(29)21-27)51-33-11-7-8-12-34(33)52-42)36-24-50-44(54-36)38-14-10-20-58(38)46(60)40(26(3)4)56-48(62)64-6/h7-8,11-12,15-18,21-26,37-40H,9-10,13-14,19-20H2,1-6H3,(H,49,53)(H,50,54)(H,55,61)(H,56,62)/t37-,38-,39-,40?/m0/s1. The zero-order valence-electron chi connectivity index (χ0n) is 36.8. The number of hydrogen-bond donors (Lipinski definition) is 4. The van der Waals surface area contributed by atoms with Gasteiger partial charge >= 0.3 is 12.2 Å². The molecule has 330 valence electrons. The molecule has 3 aromatic heterocycles. The Balaban J connectivity index is 1.06. The van der Waals surface area contributed by atoms with E-state index in [1.807, 2.05) is 74.2 Å². The number of rotatable bonds is 10. The van der Waals surface area contributed by atoms with Crippen molar-refractivity contribution in [3.8, 4) is 22.5 Å². The smallest absolute Gasteiger partial charge is 0.407 e. The van der Waals surface area contributed by atoms with Crippen LogP contribution in [0.25, 0.3) is 66.1 Å². The second kappa shape index (κ2) is 17.2. The zero-order valence-corrected chi connectivity index (χ0v) is 36.8. The lowest BCUT2D eigenvalue weighted by Gasteiger charge is -2.30. The van der Waals surface area contributed by atoms with E-state index in [-0.39, 0.29) is 35.7 Å². The largest absolute Gasteiger partial charge is 0.453 e. The van der Waals surface area contributed by atoms with Crippen LogP contribution in [0.3, 0.4) is 0 Å². The van der Waals surface area contributed by atoms with Crippen LogP contribution in [0.5, 0.6) is 0 Å². The van der Waals surface area contributed by atoms with Crippen LogP contribution in [0, 0.1) is 11.8 Å². The molecule has 2 aliphatic rings. The summed E-state index contributed by atoms with van der Waals surface area (Å²) in [5.74, 6) is 0.780. The van der Waals surface area contributed by atoms with Gasteiger partial charge in [-0.15, -0.1) is 0 Å². The number of fused-ring (bicyclic) bond motifs is 7. The van der Waals surface area contributed by atoms with Gasteiger partial charge in [0.25, 0.3) is 0 Å². The van der Waals surface area contributed by atoms with Crippen molar-refractivity contribution in [2.45, 2.75) is 77.5 Å². The molecule has 0 radical (unpaired) electrons. The Labute approximate surface area is 369 Å². The third-order valence-electron chi connectivity index (χ3n) is 12.7. The molecule has 4 atom stereocenters. The molecule has 2 fully saturated rings. The second-order valence-corrected chi connectivity index (χ2v) is 17.4. The minimum absolute atomic E-state index is 0.136. The first-order chi connectivity index (χ1) is 30.9. The molecule has 4 amide bonds. The number of ether oxygens (including phenoxy) is 2.